The minimum absolute atomic E-state index is 0.00543. The highest BCUT2D eigenvalue weighted by molar-refractivity contribution is 6.34. The van der Waals surface area contributed by atoms with Crippen LogP contribution in [0.2, 0.25) is 5.02 Å². The highest BCUT2D eigenvalue weighted by atomic mass is 35.5. The van der Waals surface area contributed by atoms with Crippen molar-refractivity contribution in [3.05, 3.63) is 65.1 Å². The standard InChI is InChI=1S/C25H26ClN5O/c1-16-24(18-3-7-23(27)29-15-18)20(8-9-28-16)17-2-6-21(22(26)14-17)25(32)31-12-10-30(11-13-31)19-4-5-19/h2-3,6-9,14-15,19H,4-5,10-13H2,1H3,(H2,27,29). The van der Waals surface area contributed by atoms with E-state index in [1.165, 1.54) is 12.8 Å². The summed E-state index contributed by atoms with van der Waals surface area (Å²) in [4.78, 5) is 26.2. The second kappa shape index (κ2) is 8.52. The molecular weight excluding hydrogens is 422 g/mol. The molecule has 5 rings (SSSR count). The lowest BCUT2D eigenvalue weighted by atomic mass is 9.94. The lowest BCUT2D eigenvalue weighted by Gasteiger charge is -2.35. The Kier molecular flexibility index (Phi) is 5.57. The first-order valence-corrected chi connectivity index (χ1v) is 11.4. The number of nitrogens with two attached hydrogens (primary N) is 1. The van der Waals surface area contributed by atoms with Gasteiger partial charge in [-0.2, -0.15) is 0 Å². The van der Waals surface area contributed by atoms with Crippen LogP contribution in [-0.4, -0.2) is 57.9 Å². The minimum Gasteiger partial charge on any atom is -0.384 e. The molecular formula is C25H26ClN5O. The van der Waals surface area contributed by atoms with Gasteiger partial charge in [0.1, 0.15) is 5.82 Å². The maximum atomic E-state index is 13.1. The molecule has 1 amide bonds. The molecule has 2 aliphatic rings. The minimum atomic E-state index is 0.00543. The Morgan fingerprint density at radius 3 is 2.44 bits per heavy atom. The number of hydrogen-bond acceptors (Lipinski definition) is 5. The summed E-state index contributed by atoms with van der Waals surface area (Å²) in [5, 5.41) is 0.466. The van der Waals surface area contributed by atoms with E-state index in [0.29, 0.717) is 16.4 Å². The summed E-state index contributed by atoms with van der Waals surface area (Å²) in [5.74, 6) is 0.478. The summed E-state index contributed by atoms with van der Waals surface area (Å²) in [6, 6.07) is 12.1. The SMILES string of the molecule is Cc1nccc(-c2ccc(C(=O)N3CCN(C4CC4)CC3)c(Cl)c2)c1-c1ccc(N)nc1. The molecule has 32 heavy (non-hydrogen) atoms. The van der Waals surface area contributed by atoms with E-state index in [2.05, 4.69) is 14.9 Å². The quantitative estimate of drug-likeness (QED) is 0.646. The van der Waals surface area contributed by atoms with Gasteiger partial charge in [-0.15, -0.1) is 0 Å². The third-order valence-corrected chi connectivity index (χ3v) is 6.70. The van der Waals surface area contributed by atoms with Gasteiger partial charge in [-0.25, -0.2) is 4.98 Å². The maximum absolute atomic E-state index is 13.1. The maximum Gasteiger partial charge on any atom is 0.255 e. The average Bonchev–Trinajstić information content (AvgIpc) is 3.65. The van der Waals surface area contributed by atoms with Crippen LogP contribution in [0.15, 0.2) is 48.8 Å². The number of piperazine rings is 1. The number of nitrogen functional groups attached to an aromatic ring is 1. The fraction of sp³-hybridized carbons (Fsp3) is 0.320. The van der Waals surface area contributed by atoms with E-state index in [9.17, 15) is 4.79 Å². The number of aromatic nitrogens is 2. The van der Waals surface area contributed by atoms with E-state index in [1.54, 1.807) is 18.5 Å². The third-order valence-electron chi connectivity index (χ3n) is 6.39. The van der Waals surface area contributed by atoms with Gasteiger partial charge in [0.25, 0.3) is 5.91 Å². The summed E-state index contributed by atoms with van der Waals surface area (Å²) in [7, 11) is 0. The topological polar surface area (TPSA) is 75.4 Å². The van der Waals surface area contributed by atoms with Gasteiger partial charge in [0, 0.05) is 61.4 Å². The molecule has 0 atom stereocenters. The van der Waals surface area contributed by atoms with Crippen LogP contribution in [-0.2, 0) is 0 Å². The Labute approximate surface area is 193 Å². The van der Waals surface area contributed by atoms with Crippen molar-refractivity contribution in [1.29, 1.82) is 0 Å². The number of rotatable bonds is 4. The summed E-state index contributed by atoms with van der Waals surface area (Å²) >= 11 is 6.64. The van der Waals surface area contributed by atoms with Crippen LogP contribution in [0.5, 0.6) is 0 Å². The van der Waals surface area contributed by atoms with Crippen molar-refractivity contribution in [3.8, 4) is 22.3 Å². The number of carbonyl (C=O) groups excluding carboxylic acids is 1. The number of carbonyl (C=O) groups is 1. The van der Waals surface area contributed by atoms with Crippen molar-refractivity contribution in [2.45, 2.75) is 25.8 Å². The van der Waals surface area contributed by atoms with Crippen LogP contribution in [0.1, 0.15) is 28.9 Å². The Balaban J connectivity index is 1.42. The van der Waals surface area contributed by atoms with Crippen LogP contribution >= 0.6 is 11.6 Å². The van der Waals surface area contributed by atoms with E-state index >= 15 is 0 Å². The molecule has 1 aliphatic carbocycles. The first-order valence-electron chi connectivity index (χ1n) is 11.0. The number of amides is 1. The molecule has 0 bridgehead atoms. The van der Waals surface area contributed by atoms with Gasteiger partial charge in [0.15, 0.2) is 0 Å². The lowest BCUT2D eigenvalue weighted by molar-refractivity contribution is 0.0627. The number of anilines is 1. The number of halogens is 1. The predicted octanol–water partition coefficient (Wildman–Crippen LogP) is 4.27. The summed E-state index contributed by atoms with van der Waals surface area (Å²) in [5.41, 5.74) is 11.0. The normalized spacial score (nSPS) is 16.9. The van der Waals surface area contributed by atoms with E-state index in [4.69, 9.17) is 17.3 Å². The first-order chi connectivity index (χ1) is 15.5. The Bertz CT molecular complexity index is 1150. The molecule has 7 heteroatoms. The molecule has 3 aromatic rings. The summed E-state index contributed by atoms with van der Waals surface area (Å²) in [6.07, 6.45) is 6.13. The van der Waals surface area contributed by atoms with Gasteiger partial charge in [-0.3, -0.25) is 14.7 Å². The lowest BCUT2D eigenvalue weighted by Crippen LogP contribution is -2.49. The molecule has 6 nitrogen and oxygen atoms in total. The van der Waals surface area contributed by atoms with Crippen LogP contribution in [0.4, 0.5) is 5.82 Å². The van der Waals surface area contributed by atoms with Gasteiger partial charge < -0.3 is 10.6 Å². The molecule has 0 spiro atoms. The second-order valence-corrected chi connectivity index (χ2v) is 8.95. The van der Waals surface area contributed by atoms with E-state index in [1.807, 2.05) is 42.2 Å². The summed E-state index contributed by atoms with van der Waals surface area (Å²) < 4.78 is 0. The van der Waals surface area contributed by atoms with Crippen molar-refractivity contribution in [2.24, 2.45) is 0 Å². The Morgan fingerprint density at radius 1 is 1.03 bits per heavy atom. The van der Waals surface area contributed by atoms with Crippen LogP contribution in [0.3, 0.4) is 0 Å². The first kappa shape index (κ1) is 20.9. The Morgan fingerprint density at radius 2 is 1.78 bits per heavy atom. The number of pyridine rings is 2. The Hall–Kier alpha value is -2.96. The monoisotopic (exact) mass is 447 g/mol. The van der Waals surface area contributed by atoms with Crippen molar-refractivity contribution in [2.75, 3.05) is 31.9 Å². The molecule has 1 saturated heterocycles. The fourth-order valence-corrected chi connectivity index (χ4v) is 4.74. The predicted molar refractivity (Wildman–Crippen MR) is 128 cm³/mol. The zero-order valence-electron chi connectivity index (χ0n) is 18.1. The third kappa shape index (κ3) is 4.08. The molecule has 0 radical (unpaired) electrons. The van der Waals surface area contributed by atoms with Crippen LogP contribution in [0.25, 0.3) is 22.3 Å². The smallest absolute Gasteiger partial charge is 0.255 e. The number of aryl methyl sites for hydroxylation is 1. The van der Waals surface area contributed by atoms with Gasteiger partial charge in [0.2, 0.25) is 0 Å². The van der Waals surface area contributed by atoms with Crippen molar-refractivity contribution in [3.63, 3.8) is 0 Å². The van der Waals surface area contributed by atoms with Crippen LogP contribution < -0.4 is 5.73 Å². The highest BCUT2D eigenvalue weighted by Gasteiger charge is 2.32. The largest absolute Gasteiger partial charge is 0.384 e. The molecule has 1 aromatic carbocycles. The van der Waals surface area contributed by atoms with Crippen molar-refractivity contribution < 1.29 is 4.79 Å². The molecule has 0 unspecified atom stereocenters. The number of nitrogens with zero attached hydrogens (tertiary/aromatic N) is 4. The van der Waals surface area contributed by atoms with Gasteiger partial charge >= 0.3 is 0 Å². The number of benzene rings is 1. The molecule has 2 fully saturated rings. The fourth-order valence-electron chi connectivity index (χ4n) is 4.48. The van der Waals surface area contributed by atoms with Crippen molar-refractivity contribution in [1.82, 2.24) is 19.8 Å². The van der Waals surface area contributed by atoms with Gasteiger partial charge in [-0.1, -0.05) is 17.7 Å². The zero-order valence-corrected chi connectivity index (χ0v) is 18.8. The van der Waals surface area contributed by atoms with Crippen LogP contribution in [0, 0.1) is 6.92 Å². The van der Waals surface area contributed by atoms with E-state index in [0.717, 1.165) is 60.2 Å². The number of hydrogen-bond donors (Lipinski definition) is 1. The van der Waals surface area contributed by atoms with Gasteiger partial charge in [0.05, 0.1) is 10.6 Å². The zero-order chi connectivity index (χ0) is 22.2. The van der Waals surface area contributed by atoms with Gasteiger partial charge in [-0.05, 0) is 61.2 Å². The molecule has 3 heterocycles. The molecule has 1 aliphatic heterocycles. The molecule has 1 saturated carbocycles. The summed E-state index contributed by atoms with van der Waals surface area (Å²) in [6.45, 7) is 5.37. The highest BCUT2D eigenvalue weighted by Crippen LogP contribution is 2.36. The molecule has 164 valence electrons. The van der Waals surface area contributed by atoms with Crippen molar-refractivity contribution >= 4 is 23.3 Å². The average molecular weight is 448 g/mol. The van der Waals surface area contributed by atoms with E-state index < -0.39 is 0 Å². The van der Waals surface area contributed by atoms with E-state index in [-0.39, 0.29) is 5.91 Å². The molecule has 2 aromatic heterocycles. The molecule has 2 N–H and O–H groups in total. The second-order valence-electron chi connectivity index (χ2n) is 8.54.